The van der Waals surface area contributed by atoms with Gasteiger partial charge < -0.3 is 5.32 Å². The van der Waals surface area contributed by atoms with Crippen LogP contribution < -0.4 is 5.32 Å². The number of aromatic nitrogens is 3. The van der Waals surface area contributed by atoms with Crippen LogP contribution in [0.25, 0.3) is 21.6 Å². The standard InChI is InChI=1S/C13H11ClN4S/c1-7-16-6-11(19-7)13-17-10-4-3-8(14)5-9(10)12(15-2)18-13/h3-6H,1-2H3,(H,15,17,18). The molecule has 96 valence electrons. The Morgan fingerprint density at radius 3 is 2.79 bits per heavy atom. The average Bonchev–Trinajstić information content (AvgIpc) is 2.84. The van der Waals surface area contributed by atoms with Crippen molar-refractivity contribution in [2.24, 2.45) is 0 Å². The summed E-state index contributed by atoms with van der Waals surface area (Å²) in [5.74, 6) is 1.46. The van der Waals surface area contributed by atoms with Crippen molar-refractivity contribution in [1.82, 2.24) is 15.0 Å². The first-order valence-corrected chi connectivity index (χ1v) is 6.94. The zero-order valence-corrected chi connectivity index (χ0v) is 12.0. The lowest BCUT2D eigenvalue weighted by Crippen LogP contribution is -1.98. The molecule has 0 unspecified atom stereocenters. The highest BCUT2D eigenvalue weighted by Gasteiger charge is 2.10. The number of halogens is 1. The molecule has 0 bridgehead atoms. The highest BCUT2D eigenvalue weighted by Crippen LogP contribution is 2.29. The van der Waals surface area contributed by atoms with Crippen molar-refractivity contribution in [3.8, 4) is 10.7 Å². The van der Waals surface area contributed by atoms with E-state index in [-0.39, 0.29) is 0 Å². The Bertz CT molecular complexity index is 753. The fourth-order valence-electron chi connectivity index (χ4n) is 1.87. The minimum atomic E-state index is 0.675. The van der Waals surface area contributed by atoms with Crippen LogP contribution in [0.2, 0.25) is 5.02 Å². The van der Waals surface area contributed by atoms with Crippen molar-refractivity contribution in [3.05, 3.63) is 34.4 Å². The number of anilines is 1. The molecule has 3 rings (SSSR count). The summed E-state index contributed by atoms with van der Waals surface area (Å²) in [6.45, 7) is 1.97. The lowest BCUT2D eigenvalue weighted by Gasteiger charge is -2.07. The van der Waals surface area contributed by atoms with Gasteiger partial charge in [-0.15, -0.1) is 11.3 Å². The van der Waals surface area contributed by atoms with Crippen LogP contribution in [-0.2, 0) is 0 Å². The maximum Gasteiger partial charge on any atom is 0.173 e. The van der Waals surface area contributed by atoms with Gasteiger partial charge >= 0.3 is 0 Å². The Morgan fingerprint density at radius 2 is 2.11 bits per heavy atom. The van der Waals surface area contributed by atoms with E-state index in [1.807, 2.05) is 32.2 Å². The third kappa shape index (κ3) is 2.27. The Hall–Kier alpha value is -1.72. The summed E-state index contributed by atoms with van der Waals surface area (Å²) in [6.07, 6.45) is 1.80. The van der Waals surface area contributed by atoms with Crippen LogP contribution in [0.15, 0.2) is 24.4 Å². The molecule has 0 saturated carbocycles. The van der Waals surface area contributed by atoms with Crippen LogP contribution in [-0.4, -0.2) is 22.0 Å². The van der Waals surface area contributed by atoms with Gasteiger partial charge in [-0.1, -0.05) is 11.6 Å². The van der Waals surface area contributed by atoms with Crippen LogP contribution in [0, 0.1) is 6.92 Å². The van der Waals surface area contributed by atoms with E-state index < -0.39 is 0 Å². The second-order valence-corrected chi connectivity index (χ2v) is 5.72. The third-order valence-electron chi connectivity index (χ3n) is 2.74. The van der Waals surface area contributed by atoms with Gasteiger partial charge in [-0.05, 0) is 25.1 Å². The average molecular weight is 291 g/mol. The molecule has 1 N–H and O–H groups in total. The van der Waals surface area contributed by atoms with Gasteiger partial charge in [-0.2, -0.15) is 0 Å². The van der Waals surface area contributed by atoms with Gasteiger partial charge in [-0.25, -0.2) is 15.0 Å². The van der Waals surface area contributed by atoms with Crippen molar-refractivity contribution in [2.75, 3.05) is 12.4 Å². The quantitative estimate of drug-likeness (QED) is 0.781. The summed E-state index contributed by atoms with van der Waals surface area (Å²) in [7, 11) is 1.84. The summed E-state index contributed by atoms with van der Waals surface area (Å²) >= 11 is 7.60. The van der Waals surface area contributed by atoms with Crippen LogP contribution in [0.3, 0.4) is 0 Å². The summed E-state index contributed by atoms with van der Waals surface area (Å²) in [5, 5.41) is 5.68. The van der Waals surface area contributed by atoms with Gasteiger partial charge in [0.15, 0.2) is 5.82 Å². The normalized spacial score (nSPS) is 10.9. The Labute approximate surface area is 119 Å². The number of hydrogen-bond acceptors (Lipinski definition) is 5. The molecule has 3 aromatic rings. The zero-order chi connectivity index (χ0) is 13.4. The van der Waals surface area contributed by atoms with Crippen LogP contribution >= 0.6 is 22.9 Å². The van der Waals surface area contributed by atoms with E-state index in [1.54, 1.807) is 17.5 Å². The monoisotopic (exact) mass is 290 g/mol. The number of thiazole rings is 1. The zero-order valence-electron chi connectivity index (χ0n) is 10.4. The number of fused-ring (bicyclic) bond motifs is 1. The van der Waals surface area contributed by atoms with Crippen molar-refractivity contribution in [3.63, 3.8) is 0 Å². The number of hydrogen-bond donors (Lipinski definition) is 1. The molecule has 0 aliphatic carbocycles. The fourth-order valence-corrected chi connectivity index (χ4v) is 2.75. The minimum Gasteiger partial charge on any atom is -0.373 e. The summed E-state index contributed by atoms with van der Waals surface area (Å²) in [5.41, 5.74) is 0.866. The van der Waals surface area contributed by atoms with Gasteiger partial charge in [0.05, 0.1) is 15.4 Å². The summed E-state index contributed by atoms with van der Waals surface area (Å²) in [6, 6.07) is 5.60. The smallest absolute Gasteiger partial charge is 0.173 e. The van der Waals surface area contributed by atoms with Gasteiger partial charge in [0.1, 0.15) is 5.82 Å². The molecule has 2 aromatic heterocycles. The lowest BCUT2D eigenvalue weighted by molar-refractivity contribution is 1.22. The van der Waals surface area contributed by atoms with E-state index in [9.17, 15) is 0 Å². The first-order chi connectivity index (χ1) is 9.17. The van der Waals surface area contributed by atoms with Crippen molar-refractivity contribution < 1.29 is 0 Å². The number of nitrogens with one attached hydrogen (secondary N) is 1. The number of benzene rings is 1. The largest absolute Gasteiger partial charge is 0.373 e. The van der Waals surface area contributed by atoms with Crippen molar-refractivity contribution >= 4 is 39.7 Å². The van der Waals surface area contributed by atoms with Crippen LogP contribution in [0.5, 0.6) is 0 Å². The van der Waals surface area contributed by atoms with E-state index in [2.05, 4.69) is 20.3 Å². The molecular weight excluding hydrogens is 280 g/mol. The highest BCUT2D eigenvalue weighted by atomic mass is 35.5. The minimum absolute atomic E-state index is 0.675. The molecule has 1 aromatic carbocycles. The van der Waals surface area contributed by atoms with Crippen molar-refractivity contribution in [1.29, 1.82) is 0 Å². The molecule has 0 fully saturated rings. The molecule has 19 heavy (non-hydrogen) atoms. The van der Waals surface area contributed by atoms with E-state index >= 15 is 0 Å². The van der Waals surface area contributed by atoms with Gasteiger partial charge in [0, 0.05) is 23.7 Å². The number of nitrogens with zero attached hydrogens (tertiary/aromatic N) is 3. The number of rotatable bonds is 2. The molecule has 0 spiro atoms. The molecule has 0 amide bonds. The molecular formula is C13H11ClN4S. The van der Waals surface area contributed by atoms with E-state index in [4.69, 9.17) is 11.6 Å². The Kier molecular flexibility index (Phi) is 3.08. The molecule has 0 aliphatic heterocycles. The van der Waals surface area contributed by atoms with E-state index in [0.29, 0.717) is 10.8 Å². The first-order valence-electron chi connectivity index (χ1n) is 5.75. The maximum atomic E-state index is 6.02. The van der Waals surface area contributed by atoms with E-state index in [1.165, 1.54) is 0 Å². The molecule has 4 nitrogen and oxygen atoms in total. The van der Waals surface area contributed by atoms with Gasteiger partial charge in [0.2, 0.25) is 0 Å². The lowest BCUT2D eigenvalue weighted by atomic mass is 10.2. The maximum absolute atomic E-state index is 6.02. The predicted molar refractivity (Wildman–Crippen MR) is 79.9 cm³/mol. The third-order valence-corrected chi connectivity index (χ3v) is 3.88. The SMILES string of the molecule is CNc1nc(-c2cnc(C)s2)nc2ccc(Cl)cc12. The van der Waals surface area contributed by atoms with Crippen molar-refractivity contribution in [2.45, 2.75) is 6.92 Å². The van der Waals surface area contributed by atoms with E-state index in [0.717, 1.165) is 26.6 Å². The highest BCUT2D eigenvalue weighted by molar-refractivity contribution is 7.14. The summed E-state index contributed by atoms with van der Waals surface area (Å²) < 4.78 is 0. The molecule has 2 heterocycles. The number of aryl methyl sites for hydroxylation is 1. The first kappa shape index (κ1) is 12.3. The topological polar surface area (TPSA) is 50.7 Å². The molecule has 0 saturated heterocycles. The molecule has 0 atom stereocenters. The Morgan fingerprint density at radius 1 is 1.26 bits per heavy atom. The molecule has 0 radical (unpaired) electrons. The predicted octanol–water partition coefficient (Wildman–Crippen LogP) is 3.76. The van der Waals surface area contributed by atoms with Gasteiger partial charge in [0.25, 0.3) is 0 Å². The Balaban J connectivity index is 2.25. The molecule has 0 aliphatic rings. The second kappa shape index (κ2) is 4.75. The van der Waals surface area contributed by atoms with Crippen LogP contribution in [0.1, 0.15) is 5.01 Å². The summed E-state index contributed by atoms with van der Waals surface area (Å²) in [4.78, 5) is 14.3. The fraction of sp³-hybridized carbons (Fsp3) is 0.154. The second-order valence-electron chi connectivity index (χ2n) is 4.05. The van der Waals surface area contributed by atoms with Gasteiger partial charge in [-0.3, -0.25) is 0 Å². The molecule has 6 heteroatoms. The van der Waals surface area contributed by atoms with Crippen LogP contribution in [0.4, 0.5) is 5.82 Å².